The highest BCUT2D eigenvalue weighted by molar-refractivity contribution is 7.92. The highest BCUT2D eigenvalue weighted by Crippen LogP contribution is 2.32. The average molecular weight is 419 g/mol. The smallest absolute Gasteiger partial charge is 0.264 e. The van der Waals surface area contributed by atoms with E-state index in [-0.39, 0.29) is 17.3 Å². The number of ether oxygens (including phenoxy) is 2. The first kappa shape index (κ1) is 21.0. The van der Waals surface area contributed by atoms with Gasteiger partial charge in [0.05, 0.1) is 24.8 Å². The maximum Gasteiger partial charge on any atom is 0.264 e. The Morgan fingerprint density at radius 3 is 2.24 bits per heavy atom. The van der Waals surface area contributed by atoms with E-state index in [1.807, 2.05) is 0 Å². The summed E-state index contributed by atoms with van der Waals surface area (Å²) in [5, 5.41) is 0. The summed E-state index contributed by atoms with van der Waals surface area (Å²) in [5.41, 5.74) is 0.438. The molecule has 0 N–H and O–H groups in total. The number of hydrogen-bond acceptors (Lipinski definition) is 5. The van der Waals surface area contributed by atoms with Crippen LogP contribution in [0, 0.1) is 0 Å². The van der Waals surface area contributed by atoms with Gasteiger partial charge < -0.3 is 14.4 Å². The molecule has 2 aromatic carbocycles. The van der Waals surface area contributed by atoms with Crippen LogP contribution in [0.3, 0.4) is 0 Å². The van der Waals surface area contributed by atoms with E-state index in [1.54, 1.807) is 41.3 Å². The molecule has 0 unspecified atom stereocenters. The molecule has 156 valence electrons. The molecule has 0 bridgehead atoms. The van der Waals surface area contributed by atoms with Gasteiger partial charge in [0.25, 0.3) is 10.0 Å². The zero-order chi connectivity index (χ0) is 20.9. The van der Waals surface area contributed by atoms with Gasteiger partial charge in [0.2, 0.25) is 5.91 Å². The van der Waals surface area contributed by atoms with E-state index in [0.717, 1.165) is 23.6 Å². The summed E-state index contributed by atoms with van der Waals surface area (Å²) in [6.07, 6.45) is 2.98. The Bertz CT molecular complexity index is 941. The molecule has 1 aliphatic rings. The van der Waals surface area contributed by atoms with Crippen molar-refractivity contribution < 1.29 is 22.7 Å². The van der Waals surface area contributed by atoms with Crippen LogP contribution in [0.2, 0.25) is 0 Å². The van der Waals surface area contributed by atoms with Gasteiger partial charge in [-0.2, -0.15) is 0 Å². The second-order valence-corrected chi connectivity index (χ2v) is 8.67. The van der Waals surface area contributed by atoms with Crippen molar-refractivity contribution >= 4 is 21.6 Å². The molecule has 3 rings (SSSR count). The molecule has 1 heterocycles. The van der Waals surface area contributed by atoms with Crippen LogP contribution in [-0.4, -0.2) is 53.1 Å². The third-order valence-corrected chi connectivity index (χ3v) is 6.74. The Kier molecular flexibility index (Phi) is 6.64. The zero-order valence-corrected chi connectivity index (χ0v) is 17.5. The third kappa shape index (κ3) is 4.64. The summed E-state index contributed by atoms with van der Waals surface area (Å²) in [7, 11) is -1.06. The first-order valence-electron chi connectivity index (χ1n) is 9.55. The van der Waals surface area contributed by atoms with Gasteiger partial charge in [-0.1, -0.05) is 18.2 Å². The Morgan fingerprint density at radius 2 is 1.62 bits per heavy atom. The maximum atomic E-state index is 13.5. The maximum absolute atomic E-state index is 13.5. The highest BCUT2D eigenvalue weighted by atomic mass is 32.2. The molecule has 1 aliphatic heterocycles. The van der Waals surface area contributed by atoms with E-state index in [1.165, 1.54) is 26.4 Å². The Balaban J connectivity index is 1.97. The Labute approximate surface area is 171 Å². The molecule has 29 heavy (non-hydrogen) atoms. The number of nitrogens with zero attached hydrogens (tertiary/aromatic N) is 2. The number of sulfonamides is 1. The summed E-state index contributed by atoms with van der Waals surface area (Å²) >= 11 is 0. The molecule has 0 aliphatic carbocycles. The lowest BCUT2D eigenvalue weighted by atomic mass is 10.1. The molecule has 0 spiro atoms. The van der Waals surface area contributed by atoms with Crippen LogP contribution in [0.4, 0.5) is 5.69 Å². The second kappa shape index (κ2) is 9.17. The van der Waals surface area contributed by atoms with E-state index in [9.17, 15) is 13.2 Å². The summed E-state index contributed by atoms with van der Waals surface area (Å²) < 4.78 is 38.6. The molecule has 2 aromatic rings. The van der Waals surface area contributed by atoms with E-state index < -0.39 is 10.0 Å². The standard InChI is InChI=1S/C21H26N2O5S/c1-27-19-12-11-18(15-20(19)28-2)29(25,26)23(17-9-5-3-6-10-17)16-21(24)22-13-7-4-8-14-22/h3,5-6,9-12,15H,4,7-8,13-14,16H2,1-2H3. The zero-order valence-electron chi connectivity index (χ0n) is 16.7. The number of hydrogen-bond donors (Lipinski definition) is 0. The summed E-state index contributed by atoms with van der Waals surface area (Å²) in [6, 6.07) is 13.1. The molecule has 1 fully saturated rings. The number of carbonyl (C=O) groups is 1. The normalized spacial score (nSPS) is 14.3. The third-order valence-electron chi connectivity index (χ3n) is 4.97. The van der Waals surface area contributed by atoms with Crippen LogP contribution in [0.1, 0.15) is 19.3 Å². The molecule has 0 aromatic heterocycles. The molecule has 1 amide bonds. The first-order chi connectivity index (χ1) is 14.0. The quantitative estimate of drug-likeness (QED) is 0.691. The lowest BCUT2D eigenvalue weighted by Gasteiger charge is -2.30. The van der Waals surface area contributed by atoms with Crippen LogP contribution in [0.5, 0.6) is 11.5 Å². The lowest BCUT2D eigenvalue weighted by Crippen LogP contribution is -2.44. The van der Waals surface area contributed by atoms with Gasteiger partial charge in [-0.25, -0.2) is 8.42 Å². The SMILES string of the molecule is COc1ccc(S(=O)(=O)N(CC(=O)N2CCCCC2)c2ccccc2)cc1OC. The number of methoxy groups -OCH3 is 2. The van der Waals surface area contributed by atoms with Crippen molar-refractivity contribution in [1.82, 2.24) is 4.90 Å². The fourth-order valence-corrected chi connectivity index (χ4v) is 4.81. The minimum absolute atomic E-state index is 0.0328. The topological polar surface area (TPSA) is 76.2 Å². The fraction of sp³-hybridized carbons (Fsp3) is 0.381. The van der Waals surface area contributed by atoms with Crippen LogP contribution < -0.4 is 13.8 Å². The van der Waals surface area contributed by atoms with Gasteiger partial charge in [-0.05, 0) is 43.5 Å². The molecule has 0 saturated carbocycles. The average Bonchev–Trinajstić information content (AvgIpc) is 2.77. The summed E-state index contributed by atoms with van der Waals surface area (Å²) in [6.45, 7) is 1.08. The van der Waals surface area contributed by atoms with Gasteiger partial charge >= 0.3 is 0 Å². The molecule has 0 radical (unpaired) electrons. The highest BCUT2D eigenvalue weighted by Gasteiger charge is 2.30. The monoisotopic (exact) mass is 418 g/mol. The van der Waals surface area contributed by atoms with Gasteiger partial charge in [0.1, 0.15) is 6.54 Å². The van der Waals surface area contributed by atoms with E-state index >= 15 is 0 Å². The molecular formula is C21H26N2O5S. The predicted octanol–water partition coefficient (Wildman–Crippen LogP) is 2.91. The second-order valence-electron chi connectivity index (χ2n) is 6.81. The van der Waals surface area contributed by atoms with Crippen molar-refractivity contribution in [3.05, 3.63) is 48.5 Å². The van der Waals surface area contributed by atoms with E-state index in [0.29, 0.717) is 30.3 Å². The number of rotatable bonds is 7. The van der Waals surface area contributed by atoms with E-state index in [2.05, 4.69) is 0 Å². The number of carbonyl (C=O) groups excluding carboxylic acids is 1. The van der Waals surface area contributed by atoms with Gasteiger partial charge in [0, 0.05) is 19.2 Å². The first-order valence-corrected chi connectivity index (χ1v) is 11.0. The van der Waals surface area contributed by atoms with Crippen molar-refractivity contribution in [1.29, 1.82) is 0 Å². The van der Waals surface area contributed by atoms with Crippen molar-refractivity contribution in [3.63, 3.8) is 0 Å². The number of piperidine rings is 1. The fourth-order valence-electron chi connectivity index (χ4n) is 3.38. The molecule has 1 saturated heterocycles. The summed E-state index contributed by atoms with van der Waals surface area (Å²) in [5.74, 6) is 0.545. The molecule has 7 nitrogen and oxygen atoms in total. The van der Waals surface area contributed by atoms with Crippen LogP contribution in [-0.2, 0) is 14.8 Å². The molecule has 8 heteroatoms. The molecule has 0 atom stereocenters. The van der Waals surface area contributed by atoms with Gasteiger partial charge in [-0.15, -0.1) is 0 Å². The van der Waals surface area contributed by atoms with Crippen LogP contribution >= 0.6 is 0 Å². The number of likely N-dealkylation sites (tertiary alicyclic amines) is 1. The minimum Gasteiger partial charge on any atom is -0.493 e. The Morgan fingerprint density at radius 1 is 0.966 bits per heavy atom. The van der Waals surface area contributed by atoms with Gasteiger partial charge in [-0.3, -0.25) is 9.10 Å². The number of para-hydroxylation sites is 1. The van der Waals surface area contributed by atoms with Crippen molar-refractivity contribution in [2.45, 2.75) is 24.2 Å². The Hall–Kier alpha value is -2.74. The van der Waals surface area contributed by atoms with E-state index in [4.69, 9.17) is 9.47 Å². The summed E-state index contributed by atoms with van der Waals surface area (Å²) in [4.78, 5) is 14.6. The van der Waals surface area contributed by atoms with Crippen molar-refractivity contribution in [3.8, 4) is 11.5 Å². The predicted molar refractivity (Wildman–Crippen MR) is 111 cm³/mol. The van der Waals surface area contributed by atoms with Crippen LogP contribution in [0.15, 0.2) is 53.4 Å². The number of benzene rings is 2. The number of amides is 1. The minimum atomic E-state index is -4.00. The lowest BCUT2D eigenvalue weighted by molar-refractivity contribution is -0.130. The van der Waals surface area contributed by atoms with Crippen LogP contribution in [0.25, 0.3) is 0 Å². The molecular weight excluding hydrogens is 392 g/mol. The van der Waals surface area contributed by atoms with Crippen molar-refractivity contribution in [2.24, 2.45) is 0 Å². The largest absolute Gasteiger partial charge is 0.493 e. The van der Waals surface area contributed by atoms with Crippen molar-refractivity contribution in [2.75, 3.05) is 38.2 Å². The van der Waals surface area contributed by atoms with Gasteiger partial charge in [0.15, 0.2) is 11.5 Å². The number of anilines is 1.